The van der Waals surface area contributed by atoms with E-state index in [0.717, 1.165) is 31.2 Å². The molecule has 1 fully saturated rings. The van der Waals surface area contributed by atoms with Crippen molar-refractivity contribution in [3.8, 4) is 5.75 Å². The predicted molar refractivity (Wildman–Crippen MR) is 122 cm³/mol. The van der Waals surface area contributed by atoms with Crippen molar-refractivity contribution in [2.45, 2.75) is 46.0 Å². The van der Waals surface area contributed by atoms with E-state index in [1.807, 2.05) is 13.8 Å². The van der Waals surface area contributed by atoms with E-state index in [1.54, 1.807) is 36.4 Å². The van der Waals surface area contributed by atoms with Gasteiger partial charge in [-0.3, -0.25) is 14.4 Å². The Bertz CT molecular complexity index is 932. The van der Waals surface area contributed by atoms with Crippen LogP contribution >= 0.6 is 0 Å². The maximum atomic E-state index is 13.3. The van der Waals surface area contributed by atoms with Crippen molar-refractivity contribution in [3.05, 3.63) is 30.0 Å². The predicted octanol–water partition coefficient (Wildman–Crippen LogP) is 3.88. The maximum absolute atomic E-state index is 13.3. The highest BCUT2D eigenvalue weighted by Gasteiger charge is 2.30. The van der Waals surface area contributed by atoms with Gasteiger partial charge < -0.3 is 19.5 Å². The molecule has 0 saturated heterocycles. The van der Waals surface area contributed by atoms with Gasteiger partial charge in [0.05, 0.1) is 12.7 Å². The number of ketones is 1. The van der Waals surface area contributed by atoms with E-state index in [4.69, 9.17) is 4.74 Å². The second kappa shape index (κ2) is 10.5. The van der Waals surface area contributed by atoms with Crippen LogP contribution < -0.4 is 4.74 Å². The summed E-state index contributed by atoms with van der Waals surface area (Å²) in [5.74, 6) is -0.307. The Balaban J connectivity index is 0.00000363. The third kappa shape index (κ3) is 5.27. The van der Waals surface area contributed by atoms with Crippen molar-refractivity contribution in [3.63, 3.8) is 0 Å². The second-order valence-corrected chi connectivity index (χ2v) is 8.20. The van der Waals surface area contributed by atoms with Crippen LogP contribution in [0.4, 0.5) is 0 Å². The van der Waals surface area contributed by atoms with Gasteiger partial charge in [0.1, 0.15) is 12.3 Å². The fraction of sp³-hybridized carbons (Fsp3) is 0.542. The molecule has 7 nitrogen and oxygen atoms in total. The fourth-order valence-electron chi connectivity index (χ4n) is 4.42. The second-order valence-electron chi connectivity index (χ2n) is 8.20. The van der Waals surface area contributed by atoms with Crippen molar-refractivity contribution in [1.29, 1.82) is 0 Å². The van der Waals surface area contributed by atoms with E-state index in [-0.39, 0.29) is 13.9 Å². The summed E-state index contributed by atoms with van der Waals surface area (Å²) in [5, 5.41) is 0.673. The number of nitrogens with zero attached hydrogens (tertiary/aromatic N) is 2. The molecule has 2 aromatic rings. The number of rotatable bonds is 9. The Morgan fingerprint density at radius 2 is 1.81 bits per heavy atom. The van der Waals surface area contributed by atoms with Crippen molar-refractivity contribution < 1.29 is 20.5 Å². The quantitative estimate of drug-likeness (QED) is 0.484. The first-order valence-corrected chi connectivity index (χ1v) is 11.2. The van der Waals surface area contributed by atoms with Gasteiger partial charge in [0.2, 0.25) is 5.91 Å². The molecular weight excluding hydrogens is 394 g/mol. The molecule has 0 unspecified atom stereocenters. The highest BCUT2D eigenvalue weighted by molar-refractivity contribution is 6.45. The zero-order valence-corrected chi connectivity index (χ0v) is 18.8. The Kier molecular flexibility index (Phi) is 7.71. The maximum Gasteiger partial charge on any atom is 0.295 e. The molecule has 170 valence electrons. The number of hydrogen-bond donors (Lipinski definition) is 1. The summed E-state index contributed by atoms with van der Waals surface area (Å²) >= 11 is 0. The third-order valence-electron chi connectivity index (χ3n) is 6.26. The van der Waals surface area contributed by atoms with Gasteiger partial charge in [-0.15, -0.1) is 0 Å². The number of likely N-dealkylation sites (N-methyl/N-ethyl adjacent to an activating group) is 1. The highest BCUT2D eigenvalue weighted by atomic mass is 16.5. The van der Waals surface area contributed by atoms with E-state index >= 15 is 0 Å². The summed E-state index contributed by atoms with van der Waals surface area (Å²) in [5.41, 5.74) is 1.06. The minimum atomic E-state index is -0.609. The van der Waals surface area contributed by atoms with Gasteiger partial charge in [-0.1, -0.05) is 19.3 Å². The monoisotopic (exact) mass is 429 g/mol. The molecule has 1 aliphatic rings. The van der Waals surface area contributed by atoms with Gasteiger partial charge >= 0.3 is 0 Å². The first-order chi connectivity index (χ1) is 15.0. The van der Waals surface area contributed by atoms with Gasteiger partial charge in [-0.2, -0.15) is 0 Å². The van der Waals surface area contributed by atoms with Gasteiger partial charge in [0, 0.05) is 44.2 Å². The standard InChI is InChI=1S/C24H33N3O4.H2/c1-4-26(5-2)22(28)16-27(15-17-9-7-6-8-10-17)24(30)23(29)20-14-25-21-13-18(31-3)11-12-19(20)21;/h11-14,17,25H,4-10,15-16H2,1-3H3;1H. The number of carbonyl (C=O) groups excluding carboxylic acids is 3. The van der Waals surface area contributed by atoms with Crippen LogP contribution in [0.1, 0.15) is 57.7 Å². The molecule has 2 amide bonds. The van der Waals surface area contributed by atoms with Crippen LogP contribution in [0.3, 0.4) is 0 Å². The smallest absolute Gasteiger partial charge is 0.295 e. The first-order valence-electron chi connectivity index (χ1n) is 11.2. The van der Waals surface area contributed by atoms with Gasteiger partial charge in [-0.25, -0.2) is 0 Å². The number of methoxy groups -OCH3 is 1. The average molecular weight is 430 g/mol. The number of aromatic nitrogens is 1. The summed E-state index contributed by atoms with van der Waals surface area (Å²) in [4.78, 5) is 45.4. The molecule has 0 aliphatic heterocycles. The molecule has 1 aromatic heterocycles. The van der Waals surface area contributed by atoms with Crippen molar-refractivity contribution in [2.75, 3.05) is 33.3 Å². The molecule has 0 radical (unpaired) electrons. The number of amides is 2. The minimum absolute atomic E-state index is 0. The third-order valence-corrected chi connectivity index (χ3v) is 6.26. The lowest BCUT2D eigenvalue weighted by Crippen LogP contribution is -2.47. The van der Waals surface area contributed by atoms with Crippen molar-refractivity contribution in [1.82, 2.24) is 14.8 Å². The molecule has 31 heavy (non-hydrogen) atoms. The largest absolute Gasteiger partial charge is 0.497 e. The summed E-state index contributed by atoms with van der Waals surface area (Å²) in [6, 6.07) is 5.33. The van der Waals surface area contributed by atoms with Crippen molar-refractivity contribution in [2.24, 2.45) is 5.92 Å². The molecule has 0 bridgehead atoms. The van der Waals surface area contributed by atoms with Crippen LogP contribution in [0, 0.1) is 5.92 Å². The molecule has 1 aliphatic carbocycles. The molecule has 1 heterocycles. The summed E-state index contributed by atoms with van der Waals surface area (Å²) in [6.45, 7) is 5.39. The Morgan fingerprint density at radius 1 is 1.10 bits per heavy atom. The first kappa shape index (κ1) is 22.8. The van der Waals surface area contributed by atoms with Crippen LogP contribution in [-0.4, -0.2) is 65.7 Å². The number of H-pyrrole nitrogens is 1. The van der Waals surface area contributed by atoms with E-state index in [2.05, 4.69) is 4.98 Å². The minimum Gasteiger partial charge on any atom is -0.497 e. The molecule has 1 saturated carbocycles. The van der Waals surface area contributed by atoms with E-state index in [9.17, 15) is 14.4 Å². The topological polar surface area (TPSA) is 82.7 Å². The normalized spacial score (nSPS) is 14.4. The lowest BCUT2D eigenvalue weighted by Gasteiger charge is -2.30. The van der Waals surface area contributed by atoms with Gasteiger partial charge in [0.25, 0.3) is 11.7 Å². The van der Waals surface area contributed by atoms with Crippen LogP contribution in [0.2, 0.25) is 0 Å². The van der Waals surface area contributed by atoms with E-state index in [0.29, 0.717) is 42.3 Å². The lowest BCUT2D eigenvalue weighted by molar-refractivity contribution is -0.138. The number of fused-ring (bicyclic) bond motifs is 1. The SMILES string of the molecule is CCN(CC)C(=O)CN(CC1CCCCC1)C(=O)C(=O)c1c[nH]c2cc(OC)ccc12.[HH]. The molecule has 0 atom stereocenters. The summed E-state index contributed by atoms with van der Waals surface area (Å²) in [7, 11) is 1.58. The number of aromatic amines is 1. The van der Waals surface area contributed by atoms with Gasteiger partial charge in [-0.05, 0) is 44.7 Å². The number of nitrogens with one attached hydrogen (secondary N) is 1. The molecule has 1 N–H and O–H groups in total. The number of carbonyl (C=O) groups is 3. The van der Waals surface area contributed by atoms with E-state index in [1.165, 1.54) is 11.3 Å². The number of Topliss-reactive ketones (excluding diaryl/α,β-unsaturated/α-hetero) is 1. The van der Waals surface area contributed by atoms with Crippen LogP contribution in [-0.2, 0) is 9.59 Å². The number of hydrogen-bond acceptors (Lipinski definition) is 4. The van der Waals surface area contributed by atoms with Crippen LogP contribution in [0.15, 0.2) is 24.4 Å². The molecule has 0 spiro atoms. The molecule has 7 heteroatoms. The fourth-order valence-corrected chi connectivity index (χ4v) is 4.42. The molecule has 3 rings (SSSR count). The van der Waals surface area contributed by atoms with Crippen molar-refractivity contribution >= 4 is 28.5 Å². The van der Waals surface area contributed by atoms with E-state index < -0.39 is 11.7 Å². The Hall–Kier alpha value is -2.83. The summed E-state index contributed by atoms with van der Waals surface area (Å²) in [6.07, 6.45) is 7.11. The molecule has 1 aromatic carbocycles. The lowest BCUT2D eigenvalue weighted by atomic mass is 9.89. The van der Waals surface area contributed by atoms with Crippen LogP contribution in [0.5, 0.6) is 5.75 Å². The molecular formula is C24H35N3O4. The Morgan fingerprint density at radius 3 is 2.45 bits per heavy atom. The average Bonchev–Trinajstić information content (AvgIpc) is 3.22. The van der Waals surface area contributed by atoms with Crippen LogP contribution in [0.25, 0.3) is 10.9 Å². The van der Waals surface area contributed by atoms with Gasteiger partial charge in [0.15, 0.2) is 0 Å². The Labute approximate surface area is 185 Å². The highest BCUT2D eigenvalue weighted by Crippen LogP contribution is 2.26. The zero-order chi connectivity index (χ0) is 22.4. The summed E-state index contributed by atoms with van der Waals surface area (Å²) < 4.78 is 5.23. The number of benzene rings is 1. The zero-order valence-electron chi connectivity index (χ0n) is 18.8. The number of ether oxygens (including phenoxy) is 1.